The number of hydrogen-bond donors (Lipinski definition) is 1. The van der Waals surface area contributed by atoms with Crippen LogP contribution in [-0.2, 0) is 16.1 Å². The molecule has 0 aliphatic heterocycles. The number of nitrogens with zero attached hydrogens (tertiary/aromatic N) is 3. The first-order chi connectivity index (χ1) is 12.5. The van der Waals surface area contributed by atoms with Gasteiger partial charge in [0.2, 0.25) is 11.8 Å². The first-order valence-electron chi connectivity index (χ1n) is 8.05. The molecule has 0 unspecified atom stereocenters. The van der Waals surface area contributed by atoms with Gasteiger partial charge in [0.15, 0.2) is 0 Å². The van der Waals surface area contributed by atoms with Crippen LogP contribution in [0.4, 0.5) is 11.4 Å². The van der Waals surface area contributed by atoms with Gasteiger partial charge in [-0.15, -0.1) is 0 Å². The number of aromatic nitrogens is 2. The summed E-state index contributed by atoms with van der Waals surface area (Å²) in [6.45, 7) is 1.29. The molecule has 1 aromatic heterocycles. The van der Waals surface area contributed by atoms with Gasteiger partial charge >= 0.3 is 0 Å². The Morgan fingerprint density at radius 2 is 1.81 bits per heavy atom. The Morgan fingerprint density at radius 1 is 1.12 bits per heavy atom. The molecule has 0 atom stereocenters. The molecular formula is C19H18N4O3. The third kappa shape index (κ3) is 3.61. The summed E-state index contributed by atoms with van der Waals surface area (Å²) < 4.78 is 1.13. The van der Waals surface area contributed by atoms with E-state index in [1.54, 1.807) is 55.7 Å². The van der Waals surface area contributed by atoms with Crippen LogP contribution in [0.3, 0.4) is 0 Å². The first-order valence-corrected chi connectivity index (χ1v) is 8.05. The molecule has 3 aromatic rings. The third-order valence-corrected chi connectivity index (χ3v) is 4.07. The molecule has 0 bridgehead atoms. The second-order valence-corrected chi connectivity index (χ2v) is 5.87. The van der Waals surface area contributed by atoms with Gasteiger partial charge < -0.3 is 10.2 Å². The Bertz CT molecular complexity index is 1020. The Hall–Kier alpha value is -3.48. The van der Waals surface area contributed by atoms with Crippen LogP contribution in [0.2, 0.25) is 0 Å². The normalized spacial score (nSPS) is 10.5. The molecule has 0 aliphatic carbocycles. The highest BCUT2D eigenvalue weighted by molar-refractivity contribution is 5.93. The maximum absolute atomic E-state index is 12.4. The number of hydrogen-bond acceptors (Lipinski definition) is 4. The van der Waals surface area contributed by atoms with Gasteiger partial charge in [0.1, 0.15) is 6.54 Å². The SMILES string of the molecule is CC(=O)N(C)c1ccc(NC(=O)Cn2ncc3ccccc3c2=O)cc1. The van der Waals surface area contributed by atoms with Crippen molar-refractivity contribution >= 4 is 34.0 Å². The fraction of sp³-hybridized carbons (Fsp3) is 0.158. The van der Waals surface area contributed by atoms with E-state index in [-0.39, 0.29) is 23.9 Å². The van der Waals surface area contributed by atoms with Crippen LogP contribution in [-0.4, -0.2) is 28.6 Å². The molecule has 0 saturated heterocycles. The molecule has 7 nitrogen and oxygen atoms in total. The third-order valence-electron chi connectivity index (χ3n) is 4.07. The van der Waals surface area contributed by atoms with E-state index < -0.39 is 0 Å². The van der Waals surface area contributed by atoms with Crippen molar-refractivity contribution in [1.29, 1.82) is 0 Å². The molecule has 0 spiro atoms. The molecule has 2 amide bonds. The van der Waals surface area contributed by atoms with Gasteiger partial charge in [-0.25, -0.2) is 4.68 Å². The van der Waals surface area contributed by atoms with Crippen LogP contribution < -0.4 is 15.8 Å². The van der Waals surface area contributed by atoms with E-state index in [1.807, 2.05) is 6.07 Å². The van der Waals surface area contributed by atoms with Gasteiger partial charge in [-0.2, -0.15) is 5.10 Å². The number of rotatable bonds is 4. The zero-order valence-corrected chi connectivity index (χ0v) is 14.5. The van der Waals surface area contributed by atoms with E-state index in [4.69, 9.17) is 0 Å². The van der Waals surface area contributed by atoms with E-state index in [9.17, 15) is 14.4 Å². The summed E-state index contributed by atoms with van der Waals surface area (Å²) in [4.78, 5) is 37.5. The van der Waals surface area contributed by atoms with E-state index in [2.05, 4.69) is 10.4 Å². The van der Waals surface area contributed by atoms with Crippen molar-refractivity contribution in [1.82, 2.24) is 9.78 Å². The molecule has 0 radical (unpaired) electrons. The van der Waals surface area contributed by atoms with E-state index in [1.165, 1.54) is 11.8 Å². The van der Waals surface area contributed by atoms with Crippen molar-refractivity contribution in [3.8, 4) is 0 Å². The zero-order valence-electron chi connectivity index (χ0n) is 14.5. The molecule has 0 aliphatic rings. The zero-order chi connectivity index (χ0) is 18.7. The van der Waals surface area contributed by atoms with E-state index >= 15 is 0 Å². The number of carbonyl (C=O) groups is 2. The highest BCUT2D eigenvalue weighted by Gasteiger charge is 2.10. The summed E-state index contributed by atoms with van der Waals surface area (Å²) in [5.41, 5.74) is 0.990. The molecular weight excluding hydrogens is 332 g/mol. The minimum Gasteiger partial charge on any atom is -0.324 e. The lowest BCUT2D eigenvalue weighted by molar-refractivity contribution is -0.117. The summed E-state index contributed by atoms with van der Waals surface area (Å²) >= 11 is 0. The maximum Gasteiger partial charge on any atom is 0.275 e. The number of nitrogens with one attached hydrogen (secondary N) is 1. The van der Waals surface area contributed by atoms with Crippen LogP contribution in [0.15, 0.2) is 59.5 Å². The molecule has 0 saturated carbocycles. The largest absolute Gasteiger partial charge is 0.324 e. The van der Waals surface area contributed by atoms with Gasteiger partial charge in [0, 0.05) is 30.7 Å². The summed E-state index contributed by atoms with van der Waals surface area (Å²) in [5.74, 6) is -0.439. The molecule has 2 aromatic carbocycles. The fourth-order valence-electron chi connectivity index (χ4n) is 2.53. The summed E-state index contributed by atoms with van der Waals surface area (Å²) in [6, 6.07) is 14.0. The number of anilines is 2. The number of fused-ring (bicyclic) bond motifs is 1. The highest BCUT2D eigenvalue weighted by atomic mass is 16.2. The highest BCUT2D eigenvalue weighted by Crippen LogP contribution is 2.17. The molecule has 3 rings (SSSR count). The van der Waals surface area contributed by atoms with E-state index in [0.717, 1.165) is 15.8 Å². The smallest absolute Gasteiger partial charge is 0.275 e. The first kappa shape index (κ1) is 17.3. The maximum atomic E-state index is 12.4. The Labute approximate surface area is 149 Å². The summed E-state index contributed by atoms with van der Waals surface area (Å²) in [7, 11) is 1.67. The fourth-order valence-corrected chi connectivity index (χ4v) is 2.53. The average molecular weight is 350 g/mol. The van der Waals surface area contributed by atoms with Crippen LogP contribution in [0.25, 0.3) is 10.8 Å². The lowest BCUT2D eigenvalue weighted by atomic mass is 10.2. The van der Waals surface area contributed by atoms with Crippen LogP contribution in [0.5, 0.6) is 0 Å². The monoisotopic (exact) mass is 350 g/mol. The molecule has 132 valence electrons. The molecule has 1 N–H and O–H groups in total. The molecule has 1 heterocycles. The van der Waals surface area contributed by atoms with Crippen molar-refractivity contribution in [2.75, 3.05) is 17.3 Å². The molecule has 26 heavy (non-hydrogen) atoms. The molecule has 7 heteroatoms. The predicted octanol–water partition coefficient (Wildman–Crippen LogP) is 2.02. The van der Waals surface area contributed by atoms with Crippen molar-refractivity contribution in [2.24, 2.45) is 0 Å². The topological polar surface area (TPSA) is 84.3 Å². The Kier molecular flexibility index (Phi) is 4.79. The van der Waals surface area contributed by atoms with Crippen molar-refractivity contribution in [2.45, 2.75) is 13.5 Å². The lowest BCUT2D eigenvalue weighted by Crippen LogP contribution is -2.29. The number of amides is 2. The second-order valence-electron chi connectivity index (χ2n) is 5.87. The molecule has 0 fully saturated rings. The average Bonchev–Trinajstić information content (AvgIpc) is 2.64. The van der Waals surface area contributed by atoms with Crippen molar-refractivity contribution in [3.63, 3.8) is 0 Å². The van der Waals surface area contributed by atoms with Gasteiger partial charge in [-0.05, 0) is 30.3 Å². The van der Waals surface area contributed by atoms with Crippen molar-refractivity contribution < 1.29 is 9.59 Å². The van der Waals surface area contributed by atoms with Gasteiger partial charge in [0.05, 0.1) is 11.6 Å². The standard InChI is InChI=1S/C19H18N4O3/c1-13(24)22(2)16-9-7-15(8-10-16)21-18(25)12-23-19(26)17-6-4-3-5-14(17)11-20-23/h3-11H,12H2,1-2H3,(H,21,25). The summed E-state index contributed by atoms with van der Waals surface area (Å²) in [5, 5.41) is 8.02. The Balaban J connectivity index is 1.72. The van der Waals surface area contributed by atoms with Crippen LogP contribution in [0, 0.1) is 0 Å². The Morgan fingerprint density at radius 3 is 2.50 bits per heavy atom. The van der Waals surface area contributed by atoms with Crippen molar-refractivity contribution in [3.05, 3.63) is 65.1 Å². The quantitative estimate of drug-likeness (QED) is 0.780. The number of carbonyl (C=O) groups excluding carboxylic acids is 2. The second kappa shape index (κ2) is 7.18. The van der Waals surface area contributed by atoms with Gasteiger partial charge in [0.25, 0.3) is 5.56 Å². The van der Waals surface area contributed by atoms with Crippen LogP contribution in [0.1, 0.15) is 6.92 Å². The van der Waals surface area contributed by atoms with Gasteiger partial charge in [-0.1, -0.05) is 18.2 Å². The minimum atomic E-state index is -0.359. The lowest BCUT2D eigenvalue weighted by Gasteiger charge is -2.15. The summed E-state index contributed by atoms with van der Waals surface area (Å²) in [6.07, 6.45) is 1.57. The number of benzene rings is 2. The minimum absolute atomic E-state index is 0.0801. The predicted molar refractivity (Wildman–Crippen MR) is 100 cm³/mol. The van der Waals surface area contributed by atoms with E-state index in [0.29, 0.717) is 11.1 Å². The van der Waals surface area contributed by atoms with Gasteiger partial charge in [-0.3, -0.25) is 14.4 Å². The van der Waals surface area contributed by atoms with Crippen LogP contribution >= 0.6 is 0 Å².